The van der Waals surface area contributed by atoms with Gasteiger partial charge >= 0.3 is 0 Å². The van der Waals surface area contributed by atoms with Crippen molar-refractivity contribution in [3.8, 4) is 0 Å². The number of anilines is 4. The molecule has 1 aliphatic heterocycles. The van der Waals surface area contributed by atoms with Gasteiger partial charge in [-0.1, -0.05) is 85.9 Å². The maximum absolute atomic E-state index is 3.68. The van der Waals surface area contributed by atoms with Crippen LogP contribution in [0.1, 0.15) is 18.4 Å². The Bertz CT molecular complexity index is 1170. The number of nitrogens with zero attached hydrogens (tertiary/aromatic N) is 1. The van der Waals surface area contributed by atoms with Gasteiger partial charge in [0.05, 0.1) is 22.7 Å². The number of rotatable bonds is 3. The first-order valence-corrected chi connectivity index (χ1v) is 14.9. The van der Waals surface area contributed by atoms with Gasteiger partial charge in [0.15, 0.2) is 8.24 Å². The highest BCUT2D eigenvalue weighted by molar-refractivity contribution is 6.84. The van der Waals surface area contributed by atoms with E-state index in [0.717, 1.165) is 0 Å². The molecule has 1 heterocycles. The monoisotopic (exact) mass is 434 g/mol. The first-order chi connectivity index (χ1) is 15.6. The molecule has 6 rings (SSSR count). The van der Waals surface area contributed by atoms with E-state index in [4.69, 9.17) is 0 Å². The number of para-hydroxylation sites is 4. The van der Waals surface area contributed by atoms with Gasteiger partial charge in [-0.3, -0.25) is 0 Å². The third-order valence-corrected chi connectivity index (χ3v) is 12.0. The summed E-state index contributed by atoms with van der Waals surface area (Å²) in [5, 5.41) is 3.68. The molecule has 2 aliphatic carbocycles. The molecule has 1 saturated carbocycles. The number of nitrogens with one attached hydrogen (secondary N) is 1. The van der Waals surface area contributed by atoms with E-state index in [9.17, 15) is 0 Å². The third-order valence-electron chi connectivity index (χ3n) is 7.88. The molecule has 160 valence electrons. The first kappa shape index (κ1) is 19.6. The fourth-order valence-corrected chi connectivity index (χ4v) is 10.6. The zero-order valence-corrected chi connectivity index (χ0v) is 19.8. The third kappa shape index (κ3) is 2.99. The maximum Gasteiger partial charge on any atom is 0.160 e. The minimum absolute atomic E-state index is 0.617. The van der Waals surface area contributed by atoms with Crippen LogP contribution in [0.25, 0.3) is 5.57 Å². The minimum Gasteiger partial charge on any atom is -0.366 e. The SMILES string of the molecule is C[Si](C)(C1CC[C@@H]2C(c3ccccc3)=CC=C[C@H]12)N1c2ccccc2Nc2ccccc21. The Morgan fingerprint density at radius 3 is 2.09 bits per heavy atom. The lowest BCUT2D eigenvalue weighted by atomic mass is 9.81. The summed E-state index contributed by atoms with van der Waals surface area (Å²) in [6, 6.07) is 28.7. The van der Waals surface area contributed by atoms with Crippen LogP contribution in [0, 0.1) is 11.8 Å². The summed E-state index contributed by atoms with van der Waals surface area (Å²) in [6.07, 6.45) is 9.79. The van der Waals surface area contributed by atoms with E-state index in [1.807, 2.05) is 0 Å². The van der Waals surface area contributed by atoms with E-state index in [-0.39, 0.29) is 0 Å². The summed E-state index contributed by atoms with van der Waals surface area (Å²) in [5.74, 6) is 1.25. The fraction of sp³-hybridized carbons (Fsp3) is 0.241. The Balaban J connectivity index is 1.40. The molecule has 0 saturated heterocycles. The topological polar surface area (TPSA) is 15.3 Å². The summed E-state index contributed by atoms with van der Waals surface area (Å²) >= 11 is 0. The van der Waals surface area contributed by atoms with Gasteiger partial charge in [0.25, 0.3) is 0 Å². The van der Waals surface area contributed by atoms with Crippen LogP contribution in [-0.4, -0.2) is 8.24 Å². The zero-order chi connectivity index (χ0) is 21.7. The summed E-state index contributed by atoms with van der Waals surface area (Å²) in [7, 11) is -1.90. The second kappa shape index (κ2) is 7.53. The highest BCUT2D eigenvalue weighted by Gasteiger charge is 2.50. The normalized spacial score (nSPS) is 23.6. The van der Waals surface area contributed by atoms with Crippen LogP contribution in [-0.2, 0) is 0 Å². The summed E-state index contributed by atoms with van der Waals surface area (Å²) in [5.41, 5.74) is 8.76. The predicted molar refractivity (Wildman–Crippen MR) is 139 cm³/mol. The fourth-order valence-electron chi connectivity index (χ4n) is 6.44. The Morgan fingerprint density at radius 1 is 0.781 bits per heavy atom. The van der Waals surface area contributed by atoms with Gasteiger partial charge in [-0.05, 0) is 65.6 Å². The first-order valence-electron chi connectivity index (χ1n) is 11.8. The van der Waals surface area contributed by atoms with Gasteiger partial charge in [-0.2, -0.15) is 0 Å². The largest absolute Gasteiger partial charge is 0.366 e. The lowest BCUT2D eigenvalue weighted by Gasteiger charge is -2.48. The number of hydrogen-bond donors (Lipinski definition) is 1. The van der Waals surface area contributed by atoms with Crippen molar-refractivity contribution < 1.29 is 0 Å². The number of hydrogen-bond acceptors (Lipinski definition) is 2. The summed E-state index contributed by atoms with van der Waals surface area (Å²) in [4.78, 5) is 0. The molecule has 3 aromatic carbocycles. The van der Waals surface area contributed by atoms with Gasteiger partial charge in [0.2, 0.25) is 0 Å². The molecular weight excluding hydrogens is 404 g/mol. The zero-order valence-electron chi connectivity index (χ0n) is 18.8. The summed E-state index contributed by atoms with van der Waals surface area (Å²) < 4.78 is 2.75. The highest BCUT2D eigenvalue weighted by atomic mass is 28.3. The van der Waals surface area contributed by atoms with Gasteiger partial charge in [0.1, 0.15) is 0 Å². The lowest BCUT2D eigenvalue weighted by Crippen LogP contribution is -2.52. The molecule has 3 atom stereocenters. The van der Waals surface area contributed by atoms with Crippen molar-refractivity contribution in [1.82, 2.24) is 0 Å². The Morgan fingerprint density at radius 2 is 1.41 bits per heavy atom. The van der Waals surface area contributed by atoms with E-state index >= 15 is 0 Å². The molecule has 0 spiro atoms. The van der Waals surface area contributed by atoms with Crippen LogP contribution in [0.2, 0.25) is 18.6 Å². The minimum atomic E-state index is -1.90. The van der Waals surface area contributed by atoms with Gasteiger partial charge in [-0.15, -0.1) is 0 Å². The van der Waals surface area contributed by atoms with E-state index in [2.05, 4.69) is 120 Å². The molecule has 0 bridgehead atoms. The van der Waals surface area contributed by atoms with Crippen LogP contribution >= 0.6 is 0 Å². The average Bonchev–Trinajstić information content (AvgIpc) is 3.28. The molecule has 1 N–H and O–H groups in total. The van der Waals surface area contributed by atoms with E-state index in [1.54, 1.807) is 0 Å². The van der Waals surface area contributed by atoms with Crippen molar-refractivity contribution in [2.45, 2.75) is 31.5 Å². The molecule has 1 unspecified atom stereocenters. The molecule has 2 nitrogen and oxygen atoms in total. The van der Waals surface area contributed by atoms with E-state index in [0.29, 0.717) is 17.4 Å². The van der Waals surface area contributed by atoms with Crippen molar-refractivity contribution in [3.05, 3.63) is 103 Å². The van der Waals surface area contributed by atoms with Crippen molar-refractivity contribution in [3.63, 3.8) is 0 Å². The Kier molecular flexibility index (Phi) is 4.62. The molecule has 0 radical (unpaired) electrons. The molecule has 32 heavy (non-hydrogen) atoms. The van der Waals surface area contributed by atoms with Gasteiger partial charge in [0, 0.05) is 0 Å². The van der Waals surface area contributed by atoms with E-state index < -0.39 is 8.24 Å². The smallest absolute Gasteiger partial charge is 0.160 e. The molecule has 0 aromatic heterocycles. The van der Waals surface area contributed by atoms with Crippen molar-refractivity contribution >= 4 is 36.6 Å². The number of allylic oxidation sites excluding steroid dienone is 4. The molecule has 0 amide bonds. The highest BCUT2D eigenvalue weighted by Crippen LogP contribution is 2.57. The van der Waals surface area contributed by atoms with Crippen LogP contribution in [0.4, 0.5) is 22.7 Å². The number of benzene rings is 3. The molecule has 3 heteroatoms. The van der Waals surface area contributed by atoms with Crippen LogP contribution in [0.3, 0.4) is 0 Å². The van der Waals surface area contributed by atoms with Crippen LogP contribution < -0.4 is 9.88 Å². The van der Waals surface area contributed by atoms with Crippen molar-refractivity contribution in [2.24, 2.45) is 11.8 Å². The molecule has 3 aromatic rings. The van der Waals surface area contributed by atoms with Gasteiger partial charge < -0.3 is 9.88 Å². The molecule has 1 fully saturated rings. The summed E-state index contributed by atoms with van der Waals surface area (Å²) in [6.45, 7) is 5.18. The van der Waals surface area contributed by atoms with Crippen molar-refractivity contribution in [1.29, 1.82) is 0 Å². The average molecular weight is 435 g/mol. The van der Waals surface area contributed by atoms with Crippen LogP contribution in [0.5, 0.6) is 0 Å². The van der Waals surface area contributed by atoms with E-state index in [1.165, 1.54) is 46.7 Å². The molecular formula is C29H30N2Si. The second-order valence-corrected chi connectivity index (χ2v) is 14.4. The lowest BCUT2D eigenvalue weighted by molar-refractivity contribution is 0.559. The Hall–Kier alpha value is -3.04. The van der Waals surface area contributed by atoms with Gasteiger partial charge in [-0.25, -0.2) is 0 Å². The Labute approximate surface area is 192 Å². The quantitative estimate of drug-likeness (QED) is 0.419. The van der Waals surface area contributed by atoms with Crippen molar-refractivity contribution in [2.75, 3.05) is 9.88 Å². The maximum atomic E-state index is 3.68. The number of fused-ring (bicyclic) bond motifs is 3. The molecule has 3 aliphatic rings. The predicted octanol–water partition coefficient (Wildman–Crippen LogP) is 8.14. The standard InChI is InChI=1S/C29H30N2Si/c1-32(2,31-27-17-8-6-15-25(27)30-26-16-7-9-18-28(26)31)29-20-19-23-22(13-10-14-24(23)29)21-11-4-3-5-12-21/h3-18,23-24,29-30H,19-20H2,1-2H3/t23-,24+,29?/m1/s1. The van der Waals surface area contributed by atoms with Crippen LogP contribution in [0.15, 0.2) is 97.1 Å². The second-order valence-electron chi connectivity index (χ2n) is 9.89.